The molecule has 28 heavy (non-hydrogen) atoms. The Morgan fingerprint density at radius 3 is 2.71 bits per heavy atom. The predicted molar refractivity (Wildman–Crippen MR) is 97.6 cm³/mol. The second kappa shape index (κ2) is 6.54. The van der Waals surface area contributed by atoms with Crippen LogP contribution in [0.1, 0.15) is 27.9 Å². The monoisotopic (exact) mass is 389 g/mol. The molecule has 2 aromatic carbocycles. The molecule has 5 nitrogen and oxygen atoms in total. The van der Waals surface area contributed by atoms with Crippen molar-refractivity contribution >= 4 is 17.6 Å². The van der Waals surface area contributed by atoms with Gasteiger partial charge in [-0.15, -0.1) is 0 Å². The van der Waals surface area contributed by atoms with Gasteiger partial charge in [-0.3, -0.25) is 10.1 Å². The van der Waals surface area contributed by atoms with E-state index in [2.05, 4.69) is 10.3 Å². The summed E-state index contributed by atoms with van der Waals surface area (Å²) in [6, 6.07) is 10.5. The van der Waals surface area contributed by atoms with Crippen LogP contribution in [0.25, 0.3) is 0 Å². The van der Waals surface area contributed by atoms with Crippen LogP contribution in [0.15, 0.2) is 47.5 Å². The normalized spacial score (nSPS) is 25.5. The number of nitrogens with two attached hydrogens (primary N) is 1. The minimum absolute atomic E-state index is 0.156. The Labute approximate surface area is 159 Å². The molecule has 4 rings (SSSR count). The van der Waals surface area contributed by atoms with Gasteiger partial charge in [0.1, 0.15) is 11.9 Å². The maximum atomic E-state index is 14.8. The number of rotatable bonds is 3. The fraction of sp³-hybridized carbons (Fsp3) is 0.300. The molecular weight excluding hydrogens is 371 g/mol. The number of fused-ring (bicyclic) bond motifs is 1. The van der Waals surface area contributed by atoms with Gasteiger partial charge in [-0.1, -0.05) is 18.2 Å². The summed E-state index contributed by atoms with van der Waals surface area (Å²) in [4.78, 5) is 16.4. The molecule has 0 radical (unpaired) electrons. The van der Waals surface area contributed by atoms with Gasteiger partial charge in [-0.25, -0.2) is 18.2 Å². The summed E-state index contributed by atoms with van der Waals surface area (Å²) in [5, 5.41) is 2.42. The van der Waals surface area contributed by atoms with Crippen molar-refractivity contribution in [3.05, 3.63) is 65.0 Å². The molecule has 1 fully saturated rings. The third kappa shape index (κ3) is 2.89. The lowest BCUT2D eigenvalue weighted by atomic mass is 9.83. The van der Waals surface area contributed by atoms with Gasteiger partial charge in [0.15, 0.2) is 5.54 Å². The van der Waals surface area contributed by atoms with Crippen LogP contribution in [0.4, 0.5) is 18.9 Å². The highest BCUT2D eigenvalue weighted by atomic mass is 19.3. The van der Waals surface area contributed by atoms with Gasteiger partial charge >= 0.3 is 0 Å². The minimum atomic E-state index is -3.01. The van der Waals surface area contributed by atoms with E-state index in [4.69, 9.17) is 10.5 Å². The Kier molecular flexibility index (Phi) is 4.28. The van der Waals surface area contributed by atoms with Crippen LogP contribution in [0.5, 0.6) is 0 Å². The topological polar surface area (TPSA) is 76.7 Å². The van der Waals surface area contributed by atoms with Crippen LogP contribution in [0.3, 0.4) is 0 Å². The highest BCUT2D eigenvalue weighted by Gasteiger charge is 2.64. The molecule has 1 amide bonds. The van der Waals surface area contributed by atoms with E-state index in [0.29, 0.717) is 5.56 Å². The Bertz CT molecular complexity index is 965. The number of nitrogens with one attached hydrogen (secondary N) is 1. The number of halogens is 3. The summed E-state index contributed by atoms with van der Waals surface area (Å²) in [6.45, 7) is 1.46. The van der Waals surface area contributed by atoms with Crippen molar-refractivity contribution in [1.82, 2.24) is 5.32 Å². The first kappa shape index (κ1) is 18.3. The number of ether oxygens (including phenoxy) is 1. The Hall–Kier alpha value is -3.03. The van der Waals surface area contributed by atoms with Gasteiger partial charge in [-0.05, 0) is 43.2 Å². The quantitative estimate of drug-likeness (QED) is 0.790. The molecule has 2 aromatic rings. The minimum Gasteiger partial charge on any atom is -0.461 e. The Morgan fingerprint density at radius 1 is 1.32 bits per heavy atom. The third-order valence-corrected chi connectivity index (χ3v) is 5.14. The average Bonchev–Trinajstić information content (AvgIpc) is 3.44. The SMILES string of the molecule is Cc1cc(N)cc([C@@]2(C(F)F)N=C(NC(=O)c3ccccc3)O[C@@H]3C[C@@H]32)c1F. The van der Waals surface area contributed by atoms with E-state index in [1.165, 1.54) is 19.1 Å². The summed E-state index contributed by atoms with van der Waals surface area (Å²) in [6.07, 6.45) is -3.30. The largest absolute Gasteiger partial charge is 0.461 e. The third-order valence-electron chi connectivity index (χ3n) is 5.14. The van der Waals surface area contributed by atoms with E-state index < -0.39 is 35.7 Å². The highest BCUT2D eigenvalue weighted by molar-refractivity contribution is 6.04. The molecule has 3 N–H and O–H groups in total. The molecule has 0 aromatic heterocycles. The summed E-state index contributed by atoms with van der Waals surface area (Å²) < 4.78 is 49.0. The molecule has 146 valence electrons. The number of aliphatic imine (C=N–C) groups is 1. The van der Waals surface area contributed by atoms with Crippen molar-refractivity contribution < 1.29 is 22.7 Å². The van der Waals surface area contributed by atoms with Gasteiger partial charge in [-0.2, -0.15) is 0 Å². The van der Waals surface area contributed by atoms with Crippen molar-refractivity contribution in [2.24, 2.45) is 10.9 Å². The molecule has 0 saturated heterocycles. The van der Waals surface area contributed by atoms with Gasteiger partial charge < -0.3 is 10.5 Å². The molecule has 0 spiro atoms. The van der Waals surface area contributed by atoms with Gasteiger partial charge in [0.05, 0.1) is 0 Å². The number of hydrogen-bond donors (Lipinski definition) is 2. The number of nitrogens with zero attached hydrogens (tertiary/aromatic N) is 1. The first-order valence-electron chi connectivity index (χ1n) is 8.80. The van der Waals surface area contributed by atoms with E-state index in [0.717, 1.165) is 0 Å². The van der Waals surface area contributed by atoms with Gasteiger partial charge in [0.25, 0.3) is 18.4 Å². The zero-order valence-corrected chi connectivity index (χ0v) is 15.0. The van der Waals surface area contributed by atoms with E-state index in [1.54, 1.807) is 30.3 Å². The van der Waals surface area contributed by atoms with Crippen LogP contribution in [0, 0.1) is 18.7 Å². The van der Waals surface area contributed by atoms with E-state index >= 15 is 0 Å². The molecule has 0 unspecified atom stereocenters. The van der Waals surface area contributed by atoms with Crippen LogP contribution in [-0.4, -0.2) is 24.5 Å². The van der Waals surface area contributed by atoms with Crippen molar-refractivity contribution in [3.63, 3.8) is 0 Å². The second-order valence-electron chi connectivity index (χ2n) is 7.06. The number of hydrogen-bond acceptors (Lipinski definition) is 4. The molecule has 1 heterocycles. The molecule has 3 atom stereocenters. The molecule has 1 aliphatic heterocycles. The standard InChI is InChI=1S/C20H18F3N3O2/c1-10-7-12(24)8-14(16(10)21)20(18(22)23)13-9-15(13)28-19(26-20)25-17(27)11-5-3-2-4-6-11/h2-8,13,15,18H,9,24H2,1H3,(H,25,26,27)/t13-,15+,20-/m0/s1. The first-order chi connectivity index (χ1) is 13.3. The highest BCUT2D eigenvalue weighted by Crippen LogP contribution is 2.56. The van der Waals surface area contributed by atoms with Gasteiger partial charge in [0, 0.05) is 22.7 Å². The molecule has 1 aliphatic carbocycles. The lowest BCUT2D eigenvalue weighted by Crippen LogP contribution is -2.46. The van der Waals surface area contributed by atoms with Crippen LogP contribution in [-0.2, 0) is 10.3 Å². The smallest absolute Gasteiger partial charge is 0.293 e. The van der Waals surface area contributed by atoms with Crippen molar-refractivity contribution in [2.45, 2.75) is 31.4 Å². The summed E-state index contributed by atoms with van der Waals surface area (Å²) in [5.41, 5.74) is 3.99. The molecule has 0 bridgehead atoms. The number of nitrogen functional groups attached to an aromatic ring is 1. The van der Waals surface area contributed by atoms with Crippen LogP contribution >= 0.6 is 0 Å². The van der Waals surface area contributed by atoms with Crippen molar-refractivity contribution in [1.29, 1.82) is 0 Å². The van der Waals surface area contributed by atoms with Crippen LogP contribution in [0.2, 0.25) is 0 Å². The summed E-state index contributed by atoms with van der Waals surface area (Å²) >= 11 is 0. The van der Waals surface area contributed by atoms with Crippen LogP contribution < -0.4 is 11.1 Å². The zero-order chi connectivity index (χ0) is 20.1. The molecule has 2 aliphatic rings. The van der Waals surface area contributed by atoms with Gasteiger partial charge in [0.2, 0.25) is 0 Å². The predicted octanol–water partition coefficient (Wildman–Crippen LogP) is 3.38. The first-order valence-corrected chi connectivity index (χ1v) is 8.80. The van der Waals surface area contributed by atoms with E-state index in [-0.39, 0.29) is 29.3 Å². The number of anilines is 1. The second-order valence-corrected chi connectivity index (χ2v) is 7.06. The van der Waals surface area contributed by atoms with E-state index in [1.807, 2.05) is 0 Å². The summed E-state index contributed by atoms with van der Waals surface area (Å²) in [5.74, 6) is -2.02. The molecule has 1 saturated carbocycles. The number of carbonyl (C=O) groups is 1. The Balaban J connectivity index is 1.77. The number of amides is 1. The number of alkyl halides is 2. The zero-order valence-electron chi connectivity index (χ0n) is 15.0. The lowest BCUT2D eigenvalue weighted by molar-refractivity contribution is 0.0166. The number of aryl methyl sites for hydroxylation is 1. The number of amidine groups is 1. The van der Waals surface area contributed by atoms with Crippen molar-refractivity contribution in [3.8, 4) is 0 Å². The van der Waals surface area contributed by atoms with E-state index in [9.17, 15) is 18.0 Å². The maximum Gasteiger partial charge on any atom is 0.293 e. The number of carbonyl (C=O) groups excluding carboxylic acids is 1. The fourth-order valence-electron chi connectivity index (χ4n) is 3.68. The number of benzene rings is 2. The maximum absolute atomic E-state index is 14.8. The lowest BCUT2D eigenvalue weighted by Gasteiger charge is -2.34. The summed E-state index contributed by atoms with van der Waals surface area (Å²) in [7, 11) is 0. The Morgan fingerprint density at radius 2 is 2.04 bits per heavy atom. The van der Waals surface area contributed by atoms with Crippen molar-refractivity contribution in [2.75, 3.05) is 5.73 Å². The fourth-order valence-corrected chi connectivity index (χ4v) is 3.68. The molecular formula is C20H18F3N3O2. The average molecular weight is 389 g/mol. The molecule has 8 heteroatoms.